The number of halogens is 1. The van der Waals surface area contributed by atoms with Crippen molar-refractivity contribution < 1.29 is 14.1 Å². The first-order valence-electron chi connectivity index (χ1n) is 8.08. The fourth-order valence-electron chi connectivity index (χ4n) is 2.64. The molecule has 2 aromatic carbocycles. The van der Waals surface area contributed by atoms with Gasteiger partial charge in [-0.2, -0.15) is 0 Å². The number of amides is 1. The van der Waals surface area contributed by atoms with Crippen LogP contribution in [-0.2, 0) is 11.3 Å². The number of oxazole rings is 1. The van der Waals surface area contributed by atoms with E-state index in [-0.39, 0.29) is 28.5 Å². The number of hydrogen-bond donors (Lipinski definition) is 1. The molecule has 10 nitrogen and oxygen atoms in total. The van der Waals surface area contributed by atoms with Gasteiger partial charge >= 0.3 is 5.76 Å². The lowest BCUT2D eigenvalue weighted by Gasteiger charge is -2.02. The highest BCUT2D eigenvalue weighted by Gasteiger charge is 2.17. The lowest BCUT2D eigenvalue weighted by molar-refractivity contribution is -0.384. The average Bonchev–Trinajstić information content (AvgIpc) is 3.26. The minimum Gasteiger partial charge on any atom is -0.407 e. The molecule has 2 heterocycles. The predicted octanol–water partition coefficient (Wildman–Crippen LogP) is 3.31. The van der Waals surface area contributed by atoms with Gasteiger partial charge in [0.05, 0.1) is 21.5 Å². The van der Waals surface area contributed by atoms with Crippen molar-refractivity contribution in [3.05, 3.63) is 68.2 Å². The number of hydrogen-bond acceptors (Lipinski definition) is 8. The molecular weight excluding hydrogens is 422 g/mol. The molecule has 1 amide bonds. The van der Waals surface area contributed by atoms with E-state index in [0.29, 0.717) is 15.6 Å². The van der Waals surface area contributed by atoms with Crippen LogP contribution in [0, 0.1) is 10.1 Å². The summed E-state index contributed by atoms with van der Waals surface area (Å²) in [4.78, 5) is 34.6. The molecule has 0 bridgehead atoms. The molecule has 0 atom stereocenters. The van der Waals surface area contributed by atoms with Crippen LogP contribution in [0.3, 0.4) is 0 Å². The van der Waals surface area contributed by atoms with Gasteiger partial charge in [-0.05, 0) is 12.1 Å². The van der Waals surface area contributed by atoms with Crippen LogP contribution >= 0.6 is 22.9 Å². The molecule has 0 radical (unpaired) electrons. The lowest BCUT2D eigenvalue weighted by atomic mass is 10.2. The van der Waals surface area contributed by atoms with E-state index in [1.54, 1.807) is 18.2 Å². The Morgan fingerprint density at radius 3 is 2.83 bits per heavy atom. The molecule has 4 rings (SSSR count). The molecule has 146 valence electrons. The summed E-state index contributed by atoms with van der Waals surface area (Å²) in [6.45, 7) is -0.356. The van der Waals surface area contributed by atoms with Crippen LogP contribution in [0.5, 0.6) is 0 Å². The van der Waals surface area contributed by atoms with Gasteiger partial charge in [0.25, 0.3) is 5.69 Å². The van der Waals surface area contributed by atoms with E-state index in [0.717, 1.165) is 22.0 Å². The predicted molar refractivity (Wildman–Crippen MR) is 106 cm³/mol. The van der Waals surface area contributed by atoms with Crippen LogP contribution in [0.4, 0.5) is 10.8 Å². The fourth-order valence-corrected chi connectivity index (χ4v) is 3.72. The van der Waals surface area contributed by atoms with Crippen molar-refractivity contribution in [2.24, 2.45) is 0 Å². The molecule has 0 aliphatic heterocycles. The standard InChI is InChI=1S/C17H10ClN5O5S/c18-11-4-2-1-3-10(11)15-20-21-16(29-15)19-14(24)8-22-12-6-5-9(23(26)27)7-13(12)28-17(22)25/h1-7H,8H2,(H,19,21,24). The van der Waals surface area contributed by atoms with Crippen LogP contribution in [0.1, 0.15) is 0 Å². The zero-order chi connectivity index (χ0) is 20.5. The molecule has 0 spiro atoms. The fraction of sp³-hybridized carbons (Fsp3) is 0.0588. The normalized spacial score (nSPS) is 10.9. The van der Waals surface area contributed by atoms with Crippen molar-refractivity contribution in [1.82, 2.24) is 14.8 Å². The second kappa shape index (κ2) is 7.45. The van der Waals surface area contributed by atoms with E-state index in [9.17, 15) is 19.7 Å². The Bertz CT molecular complexity index is 1310. The molecule has 1 N–H and O–H groups in total. The number of nitro benzene ring substituents is 1. The van der Waals surface area contributed by atoms with Gasteiger partial charge in [-0.15, -0.1) is 10.2 Å². The first-order chi connectivity index (χ1) is 13.9. The molecule has 0 saturated carbocycles. The van der Waals surface area contributed by atoms with Crippen LogP contribution < -0.4 is 11.1 Å². The molecule has 0 unspecified atom stereocenters. The number of carbonyl (C=O) groups excluding carboxylic acids is 1. The highest BCUT2D eigenvalue weighted by molar-refractivity contribution is 7.18. The summed E-state index contributed by atoms with van der Waals surface area (Å²) in [6.07, 6.45) is 0. The second-order valence-corrected chi connectivity index (χ2v) is 7.19. The summed E-state index contributed by atoms with van der Waals surface area (Å²) in [5, 5.41) is 22.6. The number of aromatic nitrogens is 3. The van der Waals surface area contributed by atoms with Gasteiger partial charge in [0, 0.05) is 11.6 Å². The number of nitrogens with zero attached hydrogens (tertiary/aromatic N) is 4. The number of rotatable bonds is 5. The van der Waals surface area contributed by atoms with Gasteiger partial charge in [0.1, 0.15) is 6.54 Å². The van der Waals surface area contributed by atoms with E-state index in [1.807, 2.05) is 6.07 Å². The monoisotopic (exact) mass is 431 g/mol. The van der Waals surface area contributed by atoms with Crippen molar-refractivity contribution >= 4 is 50.8 Å². The Balaban J connectivity index is 1.54. The molecule has 0 aliphatic carbocycles. The van der Waals surface area contributed by atoms with Gasteiger partial charge in [-0.25, -0.2) is 4.79 Å². The summed E-state index contributed by atoms with van der Waals surface area (Å²) in [6, 6.07) is 10.8. The highest BCUT2D eigenvalue weighted by Crippen LogP contribution is 2.31. The van der Waals surface area contributed by atoms with E-state index in [4.69, 9.17) is 16.0 Å². The van der Waals surface area contributed by atoms with Crippen molar-refractivity contribution in [3.63, 3.8) is 0 Å². The highest BCUT2D eigenvalue weighted by atomic mass is 35.5. The van der Waals surface area contributed by atoms with Crippen molar-refractivity contribution in [3.8, 4) is 10.6 Å². The second-order valence-electron chi connectivity index (χ2n) is 5.80. The minimum absolute atomic E-state index is 0.0221. The third-order valence-corrected chi connectivity index (χ3v) is 5.14. The first-order valence-corrected chi connectivity index (χ1v) is 9.28. The van der Waals surface area contributed by atoms with Gasteiger partial charge in [0.15, 0.2) is 10.6 Å². The number of fused-ring (bicyclic) bond motifs is 1. The van der Waals surface area contributed by atoms with E-state index in [1.165, 1.54) is 12.1 Å². The van der Waals surface area contributed by atoms with Crippen LogP contribution in [0.25, 0.3) is 21.7 Å². The maximum Gasteiger partial charge on any atom is 0.420 e. The Morgan fingerprint density at radius 2 is 2.07 bits per heavy atom. The molecule has 4 aromatic rings. The smallest absolute Gasteiger partial charge is 0.407 e. The number of nitrogens with one attached hydrogen (secondary N) is 1. The average molecular weight is 432 g/mol. The minimum atomic E-state index is -0.801. The third kappa shape index (κ3) is 3.73. The number of anilines is 1. The Morgan fingerprint density at radius 1 is 1.28 bits per heavy atom. The zero-order valence-electron chi connectivity index (χ0n) is 14.4. The van der Waals surface area contributed by atoms with E-state index < -0.39 is 16.6 Å². The molecule has 0 fully saturated rings. The molecule has 2 aromatic heterocycles. The number of carbonyl (C=O) groups is 1. The quantitative estimate of drug-likeness (QED) is 0.378. The van der Waals surface area contributed by atoms with Crippen molar-refractivity contribution in [2.45, 2.75) is 6.54 Å². The molecular formula is C17H10ClN5O5S. The molecule has 0 aliphatic rings. The number of nitro groups is 1. The number of benzene rings is 2. The van der Waals surface area contributed by atoms with Crippen molar-refractivity contribution in [2.75, 3.05) is 5.32 Å². The summed E-state index contributed by atoms with van der Waals surface area (Å²) in [5.74, 6) is -1.33. The zero-order valence-corrected chi connectivity index (χ0v) is 15.9. The van der Waals surface area contributed by atoms with Crippen LogP contribution in [0.2, 0.25) is 5.02 Å². The summed E-state index contributed by atoms with van der Waals surface area (Å²) >= 11 is 7.26. The summed E-state index contributed by atoms with van der Waals surface area (Å²) in [7, 11) is 0. The van der Waals surface area contributed by atoms with Gasteiger partial charge in [0.2, 0.25) is 11.0 Å². The maximum absolute atomic E-state index is 12.4. The SMILES string of the molecule is O=C(Cn1c(=O)oc2cc([N+](=O)[O-])ccc21)Nc1nnc(-c2ccccc2Cl)s1. The van der Waals surface area contributed by atoms with Gasteiger partial charge in [-0.1, -0.05) is 41.1 Å². The lowest BCUT2D eigenvalue weighted by Crippen LogP contribution is -2.24. The maximum atomic E-state index is 12.4. The Labute approximate surface area is 170 Å². The van der Waals surface area contributed by atoms with Gasteiger partial charge in [-0.3, -0.25) is 24.8 Å². The van der Waals surface area contributed by atoms with Crippen LogP contribution in [0.15, 0.2) is 51.7 Å². The van der Waals surface area contributed by atoms with Gasteiger partial charge < -0.3 is 4.42 Å². The summed E-state index contributed by atoms with van der Waals surface area (Å²) in [5.41, 5.74) is 0.758. The van der Waals surface area contributed by atoms with E-state index in [2.05, 4.69) is 15.5 Å². The third-order valence-electron chi connectivity index (χ3n) is 3.94. The summed E-state index contributed by atoms with van der Waals surface area (Å²) < 4.78 is 6.07. The number of non-ortho nitro benzene ring substituents is 1. The Hall–Kier alpha value is -3.57. The topological polar surface area (TPSA) is 133 Å². The van der Waals surface area contributed by atoms with E-state index >= 15 is 0 Å². The molecule has 0 saturated heterocycles. The van der Waals surface area contributed by atoms with Crippen LogP contribution in [-0.4, -0.2) is 25.6 Å². The molecule has 12 heteroatoms. The molecule has 29 heavy (non-hydrogen) atoms. The van der Waals surface area contributed by atoms with Crippen molar-refractivity contribution in [1.29, 1.82) is 0 Å². The Kier molecular flexibility index (Phi) is 4.82. The largest absolute Gasteiger partial charge is 0.420 e. The first kappa shape index (κ1) is 18.8.